The summed E-state index contributed by atoms with van der Waals surface area (Å²) in [6.07, 6.45) is 3.09. The van der Waals surface area contributed by atoms with Crippen molar-refractivity contribution in [1.29, 1.82) is 0 Å². The SMILES string of the molecule is COC(=O)c1ccc(F)nc1-c1cccnc1. The molecule has 0 N–H and O–H groups in total. The zero-order valence-electron chi connectivity index (χ0n) is 9.05. The van der Waals surface area contributed by atoms with Crippen LogP contribution in [0.3, 0.4) is 0 Å². The summed E-state index contributed by atoms with van der Waals surface area (Å²) in [6.45, 7) is 0. The standard InChI is InChI=1S/C12H9FN2O2/c1-17-12(16)9-4-5-10(13)15-11(9)8-3-2-6-14-7-8/h2-7H,1H3. The summed E-state index contributed by atoms with van der Waals surface area (Å²) in [7, 11) is 1.26. The quantitative estimate of drug-likeness (QED) is 0.587. The van der Waals surface area contributed by atoms with Crippen LogP contribution >= 0.6 is 0 Å². The molecule has 0 saturated heterocycles. The van der Waals surface area contributed by atoms with Gasteiger partial charge >= 0.3 is 5.97 Å². The predicted molar refractivity (Wildman–Crippen MR) is 58.8 cm³/mol. The van der Waals surface area contributed by atoms with Crippen LogP contribution in [0.2, 0.25) is 0 Å². The molecule has 2 heterocycles. The zero-order chi connectivity index (χ0) is 12.3. The van der Waals surface area contributed by atoms with E-state index in [2.05, 4.69) is 14.7 Å². The van der Waals surface area contributed by atoms with Crippen molar-refractivity contribution in [3.8, 4) is 11.3 Å². The Hall–Kier alpha value is -2.30. The van der Waals surface area contributed by atoms with Crippen LogP contribution < -0.4 is 0 Å². The Bertz CT molecular complexity index is 543. The Kier molecular flexibility index (Phi) is 3.09. The van der Waals surface area contributed by atoms with Gasteiger partial charge in [0.05, 0.1) is 18.4 Å². The van der Waals surface area contributed by atoms with Gasteiger partial charge in [-0.2, -0.15) is 4.39 Å². The number of aromatic nitrogens is 2. The van der Waals surface area contributed by atoms with Crippen LogP contribution in [0.1, 0.15) is 10.4 Å². The molecular weight excluding hydrogens is 223 g/mol. The largest absolute Gasteiger partial charge is 0.465 e. The van der Waals surface area contributed by atoms with E-state index in [1.54, 1.807) is 18.3 Å². The number of ether oxygens (including phenoxy) is 1. The van der Waals surface area contributed by atoms with Gasteiger partial charge in [0.25, 0.3) is 0 Å². The van der Waals surface area contributed by atoms with E-state index in [0.29, 0.717) is 5.56 Å². The molecule has 4 nitrogen and oxygen atoms in total. The summed E-state index contributed by atoms with van der Waals surface area (Å²) in [5, 5.41) is 0. The van der Waals surface area contributed by atoms with E-state index in [0.717, 1.165) is 6.07 Å². The van der Waals surface area contributed by atoms with Crippen LogP contribution in [-0.2, 0) is 4.74 Å². The van der Waals surface area contributed by atoms with E-state index < -0.39 is 11.9 Å². The van der Waals surface area contributed by atoms with Crippen LogP contribution in [0.15, 0.2) is 36.7 Å². The predicted octanol–water partition coefficient (Wildman–Crippen LogP) is 2.07. The topological polar surface area (TPSA) is 52.1 Å². The minimum absolute atomic E-state index is 0.210. The third kappa shape index (κ3) is 2.28. The first kappa shape index (κ1) is 11.2. The maximum atomic E-state index is 13.1. The lowest BCUT2D eigenvalue weighted by Crippen LogP contribution is -2.06. The fourth-order valence-corrected chi connectivity index (χ4v) is 1.43. The number of halogens is 1. The average Bonchev–Trinajstić information content (AvgIpc) is 2.39. The van der Waals surface area contributed by atoms with Crippen LogP contribution in [0.25, 0.3) is 11.3 Å². The Morgan fingerprint density at radius 3 is 2.82 bits per heavy atom. The molecule has 0 bridgehead atoms. The fourth-order valence-electron chi connectivity index (χ4n) is 1.43. The van der Waals surface area contributed by atoms with Gasteiger partial charge in [-0.3, -0.25) is 4.98 Å². The molecular formula is C12H9FN2O2. The summed E-state index contributed by atoms with van der Waals surface area (Å²) >= 11 is 0. The molecule has 0 radical (unpaired) electrons. The molecule has 0 aliphatic heterocycles. The van der Waals surface area contributed by atoms with E-state index in [-0.39, 0.29) is 11.3 Å². The molecule has 0 aromatic carbocycles. The molecule has 0 aliphatic carbocycles. The Morgan fingerprint density at radius 1 is 1.35 bits per heavy atom. The van der Waals surface area contributed by atoms with Crippen LogP contribution in [0, 0.1) is 5.95 Å². The molecule has 2 aromatic rings. The second-order valence-electron chi connectivity index (χ2n) is 3.26. The normalized spacial score (nSPS) is 10.0. The van der Waals surface area contributed by atoms with Crippen molar-refractivity contribution < 1.29 is 13.9 Å². The highest BCUT2D eigenvalue weighted by Crippen LogP contribution is 2.21. The van der Waals surface area contributed by atoms with Gasteiger partial charge in [0.1, 0.15) is 0 Å². The third-order valence-corrected chi connectivity index (χ3v) is 2.20. The van der Waals surface area contributed by atoms with Gasteiger partial charge in [-0.15, -0.1) is 0 Å². The van der Waals surface area contributed by atoms with Gasteiger partial charge in [0.2, 0.25) is 5.95 Å². The second kappa shape index (κ2) is 4.69. The van der Waals surface area contributed by atoms with E-state index >= 15 is 0 Å². The first-order chi connectivity index (χ1) is 8.22. The molecule has 0 fully saturated rings. The molecule has 2 aromatic heterocycles. The number of hydrogen-bond acceptors (Lipinski definition) is 4. The Morgan fingerprint density at radius 2 is 2.18 bits per heavy atom. The van der Waals surface area contributed by atoms with Crippen molar-refractivity contribution in [2.24, 2.45) is 0 Å². The molecule has 0 aliphatic rings. The molecule has 2 rings (SSSR count). The van der Waals surface area contributed by atoms with E-state index in [9.17, 15) is 9.18 Å². The summed E-state index contributed by atoms with van der Waals surface area (Å²) in [4.78, 5) is 19.1. The lowest BCUT2D eigenvalue weighted by molar-refractivity contribution is 0.0601. The van der Waals surface area contributed by atoms with Gasteiger partial charge in [0.15, 0.2) is 0 Å². The van der Waals surface area contributed by atoms with E-state index in [1.807, 2.05) is 0 Å². The monoisotopic (exact) mass is 232 g/mol. The van der Waals surface area contributed by atoms with Gasteiger partial charge in [-0.25, -0.2) is 9.78 Å². The molecule has 17 heavy (non-hydrogen) atoms. The first-order valence-corrected chi connectivity index (χ1v) is 4.87. The second-order valence-corrected chi connectivity index (χ2v) is 3.26. The maximum absolute atomic E-state index is 13.1. The van der Waals surface area contributed by atoms with Gasteiger partial charge in [-0.1, -0.05) is 0 Å². The van der Waals surface area contributed by atoms with Crippen LogP contribution in [0.5, 0.6) is 0 Å². The number of methoxy groups -OCH3 is 1. The average molecular weight is 232 g/mol. The van der Waals surface area contributed by atoms with Crippen LogP contribution in [-0.4, -0.2) is 23.0 Å². The van der Waals surface area contributed by atoms with Gasteiger partial charge in [0, 0.05) is 18.0 Å². The summed E-state index contributed by atoms with van der Waals surface area (Å²) in [5.74, 6) is -1.21. The van der Waals surface area contributed by atoms with E-state index in [1.165, 1.54) is 19.4 Å². The first-order valence-electron chi connectivity index (χ1n) is 4.87. The number of esters is 1. The smallest absolute Gasteiger partial charge is 0.340 e. The molecule has 0 unspecified atom stereocenters. The lowest BCUT2D eigenvalue weighted by atomic mass is 10.1. The van der Waals surface area contributed by atoms with Crippen LogP contribution in [0.4, 0.5) is 4.39 Å². The third-order valence-electron chi connectivity index (χ3n) is 2.20. The number of pyridine rings is 2. The van der Waals surface area contributed by atoms with E-state index in [4.69, 9.17) is 0 Å². The van der Waals surface area contributed by atoms with Crippen molar-refractivity contribution in [1.82, 2.24) is 9.97 Å². The number of carbonyl (C=O) groups excluding carboxylic acids is 1. The fraction of sp³-hybridized carbons (Fsp3) is 0.0833. The number of rotatable bonds is 2. The number of carbonyl (C=O) groups is 1. The van der Waals surface area contributed by atoms with Crippen molar-refractivity contribution >= 4 is 5.97 Å². The highest BCUT2D eigenvalue weighted by atomic mass is 19.1. The molecule has 0 saturated carbocycles. The summed E-state index contributed by atoms with van der Waals surface area (Å²) < 4.78 is 17.7. The highest BCUT2D eigenvalue weighted by Gasteiger charge is 2.15. The van der Waals surface area contributed by atoms with Gasteiger partial charge in [-0.05, 0) is 24.3 Å². The molecule has 5 heteroatoms. The zero-order valence-corrected chi connectivity index (χ0v) is 9.05. The van der Waals surface area contributed by atoms with Crippen molar-refractivity contribution in [3.05, 3.63) is 48.2 Å². The molecule has 0 spiro atoms. The summed E-state index contributed by atoms with van der Waals surface area (Å²) in [5.41, 5.74) is 0.999. The number of nitrogens with zero attached hydrogens (tertiary/aromatic N) is 2. The van der Waals surface area contributed by atoms with Crippen molar-refractivity contribution in [2.45, 2.75) is 0 Å². The highest BCUT2D eigenvalue weighted by molar-refractivity contribution is 5.95. The Balaban J connectivity index is 2.59. The molecule has 0 amide bonds. The minimum Gasteiger partial charge on any atom is -0.465 e. The molecule has 0 atom stereocenters. The summed E-state index contributed by atoms with van der Waals surface area (Å²) in [6, 6.07) is 5.84. The number of hydrogen-bond donors (Lipinski definition) is 0. The Labute approximate surface area is 97.1 Å². The van der Waals surface area contributed by atoms with Crippen molar-refractivity contribution in [2.75, 3.05) is 7.11 Å². The minimum atomic E-state index is -0.656. The lowest BCUT2D eigenvalue weighted by Gasteiger charge is -2.06. The van der Waals surface area contributed by atoms with Gasteiger partial charge < -0.3 is 4.74 Å². The maximum Gasteiger partial charge on any atom is 0.340 e. The molecule has 86 valence electrons. The van der Waals surface area contributed by atoms with Crippen molar-refractivity contribution in [3.63, 3.8) is 0 Å².